The third-order valence-corrected chi connectivity index (χ3v) is 4.30. The van der Waals surface area contributed by atoms with Crippen molar-refractivity contribution in [2.24, 2.45) is 16.7 Å². The molecule has 13 heavy (non-hydrogen) atoms. The van der Waals surface area contributed by atoms with Gasteiger partial charge in [0.15, 0.2) is 0 Å². The fourth-order valence-corrected chi connectivity index (χ4v) is 3.12. The molecule has 2 bridgehead atoms. The topological polar surface area (TPSA) is 37.3 Å². The Hall–Kier alpha value is -0.790. The summed E-state index contributed by atoms with van der Waals surface area (Å²) in [6.07, 6.45) is 2.67. The van der Waals surface area contributed by atoms with Gasteiger partial charge in [-0.05, 0) is 30.6 Å². The average molecular weight is 180 g/mol. The van der Waals surface area contributed by atoms with Crippen LogP contribution in [0.1, 0.15) is 33.1 Å². The largest absolute Gasteiger partial charge is 0.481 e. The Morgan fingerprint density at radius 2 is 2.23 bits per heavy atom. The van der Waals surface area contributed by atoms with Gasteiger partial charge in [0.2, 0.25) is 0 Å². The van der Waals surface area contributed by atoms with Crippen molar-refractivity contribution in [3.05, 3.63) is 12.2 Å². The standard InChI is InChI=1S/C11H16O2/c1-7-10(2,3)8-4-5-11(7,6-8)9(12)13/h8H,1,4-6H2,2-3H3,(H,12,13)/t8-,11+/m1/s1. The van der Waals surface area contributed by atoms with Crippen LogP contribution in [0.15, 0.2) is 12.2 Å². The average Bonchev–Trinajstić information content (AvgIpc) is 2.53. The van der Waals surface area contributed by atoms with Gasteiger partial charge in [-0.25, -0.2) is 0 Å². The zero-order valence-corrected chi connectivity index (χ0v) is 8.26. The first-order valence-electron chi connectivity index (χ1n) is 4.84. The summed E-state index contributed by atoms with van der Waals surface area (Å²) in [6, 6.07) is 0. The number of carboxylic acids is 1. The third kappa shape index (κ3) is 0.812. The second-order valence-electron chi connectivity index (χ2n) is 5.03. The number of aliphatic carboxylic acids is 1. The molecule has 0 heterocycles. The lowest BCUT2D eigenvalue weighted by molar-refractivity contribution is -0.146. The molecule has 0 aromatic carbocycles. The molecule has 2 aliphatic rings. The van der Waals surface area contributed by atoms with Crippen molar-refractivity contribution >= 4 is 5.97 Å². The summed E-state index contributed by atoms with van der Waals surface area (Å²) in [7, 11) is 0. The molecule has 2 atom stereocenters. The number of carbonyl (C=O) groups is 1. The lowest BCUT2D eigenvalue weighted by Crippen LogP contribution is -2.33. The van der Waals surface area contributed by atoms with Crippen LogP contribution in [0.25, 0.3) is 0 Å². The molecule has 1 N–H and O–H groups in total. The number of rotatable bonds is 1. The van der Waals surface area contributed by atoms with Crippen LogP contribution in [-0.2, 0) is 4.79 Å². The van der Waals surface area contributed by atoms with Crippen LogP contribution in [0.2, 0.25) is 0 Å². The monoisotopic (exact) mass is 180 g/mol. The summed E-state index contributed by atoms with van der Waals surface area (Å²) in [4.78, 5) is 11.2. The summed E-state index contributed by atoms with van der Waals surface area (Å²) in [6.45, 7) is 8.26. The van der Waals surface area contributed by atoms with Crippen LogP contribution in [0.5, 0.6) is 0 Å². The van der Waals surface area contributed by atoms with Crippen LogP contribution in [0, 0.1) is 16.7 Å². The highest BCUT2D eigenvalue weighted by atomic mass is 16.4. The predicted octanol–water partition coefficient (Wildman–Crippen LogP) is 2.45. The van der Waals surface area contributed by atoms with Crippen molar-refractivity contribution in [2.45, 2.75) is 33.1 Å². The van der Waals surface area contributed by atoms with Crippen LogP contribution in [0.3, 0.4) is 0 Å². The van der Waals surface area contributed by atoms with E-state index >= 15 is 0 Å². The molecule has 2 heteroatoms. The van der Waals surface area contributed by atoms with Gasteiger partial charge in [0.1, 0.15) is 0 Å². The molecule has 0 radical (unpaired) electrons. The Balaban J connectivity index is 2.46. The summed E-state index contributed by atoms with van der Waals surface area (Å²) < 4.78 is 0. The molecule has 0 unspecified atom stereocenters. The van der Waals surface area contributed by atoms with E-state index in [4.69, 9.17) is 0 Å². The molecule has 0 aromatic rings. The first-order valence-corrected chi connectivity index (χ1v) is 4.84. The van der Waals surface area contributed by atoms with E-state index in [-0.39, 0.29) is 5.41 Å². The van der Waals surface area contributed by atoms with Gasteiger partial charge in [-0.3, -0.25) is 4.79 Å². The zero-order valence-electron chi connectivity index (χ0n) is 8.26. The number of carboxylic acid groups (broad SMARTS) is 1. The zero-order chi connectivity index (χ0) is 9.85. The molecule has 0 aliphatic heterocycles. The molecule has 2 nitrogen and oxygen atoms in total. The normalized spacial score (nSPS) is 41.1. The maximum atomic E-state index is 11.2. The van der Waals surface area contributed by atoms with E-state index in [1.807, 2.05) is 0 Å². The van der Waals surface area contributed by atoms with E-state index in [2.05, 4.69) is 20.4 Å². The van der Waals surface area contributed by atoms with Crippen molar-refractivity contribution in [3.63, 3.8) is 0 Å². The van der Waals surface area contributed by atoms with E-state index in [0.29, 0.717) is 5.92 Å². The predicted molar refractivity (Wildman–Crippen MR) is 50.3 cm³/mol. The van der Waals surface area contributed by atoms with E-state index in [1.165, 1.54) is 0 Å². The van der Waals surface area contributed by atoms with Gasteiger partial charge >= 0.3 is 5.97 Å². The summed E-state index contributed by atoms with van der Waals surface area (Å²) in [5, 5.41) is 9.23. The Morgan fingerprint density at radius 1 is 1.62 bits per heavy atom. The summed E-state index contributed by atoms with van der Waals surface area (Å²) in [5.74, 6) is -0.123. The molecule has 0 saturated heterocycles. The Kier molecular flexibility index (Phi) is 1.47. The molecule has 0 spiro atoms. The first-order chi connectivity index (χ1) is 5.91. The molecule has 0 amide bonds. The fourth-order valence-electron chi connectivity index (χ4n) is 3.12. The molecule has 2 saturated carbocycles. The van der Waals surface area contributed by atoms with Crippen LogP contribution < -0.4 is 0 Å². The molecule has 72 valence electrons. The lowest BCUT2D eigenvalue weighted by atomic mass is 9.68. The quantitative estimate of drug-likeness (QED) is 0.629. The Morgan fingerprint density at radius 3 is 2.54 bits per heavy atom. The van der Waals surface area contributed by atoms with Crippen molar-refractivity contribution in [1.82, 2.24) is 0 Å². The van der Waals surface area contributed by atoms with Crippen molar-refractivity contribution in [1.29, 1.82) is 0 Å². The smallest absolute Gasteiger partial charge is 0.313 e. The number of hydrogen-bond donors (Lipinski definition) is 1. The Bertz CT molecular complexity index is 290. The summed E-state index contributed by atoms with van der Waals surface area (Å²) in [5.41, 5.74) is 0.411. The van der Waals surface area contributed by atoms with Gasteiger partial charge in [0.05, 0.1) is 5.41 Å². The first kappa shape index (κ1) is 8.79. The Labute approximate surface area is 78.6 Å². The van der Waals surface area contributed by atoms with Crippen LogP contribution in [0.4, 0.5) is 0 Å². The van der Waals surface area contributed by atoms with Crippen LogP contribution in [-0.4, -0.2) is 11.1 Å². The molecular weight excluding hydrogens is 164 g/mol. The van der Waals surface area contributed by atoms with Crippen LogP contribution >= 0.6 is 0 Å². The minimum Gasteiger partial charge on any atom is -0.481 e. The van der Waals surface area contributed by atoms with Gasteiger partial charge in [-0.15, -0.1) is 0 Å². The lowest BCUT2D eigenvalue weighted by Gasteiger charge is -2.35. The van der Waals surface area contributed by atoms with Crippen molar-refractivity contribution < 1.29 is 9.90 Å². The van der Waals surface area contributed by atoms with Gasteiger partial charge in [-0.2, -0.15) is 0 Å². The van der Waals surface area contributed by atoms with Gasteiger partial charge < -0.3 is 5.11 Å². The summed E-state index contributed by atoms with van der Waals surface area (Å²) >= 11 is 0. The molecule has 0 aromatic heterocycles. The van der Waals surface area contributed by atoms with Crippen molar-refractivity contribution in [3.8, 4) is 0 Å². The van der Waals surface area contributed by atoms with E-state index in [1.54, 1.807) is 0 Å². The molecular formula is C11H16O2. The highest BCUT2D eigenvalue weighted by molar-refractivity contribution is 5.80. The maximum absolute atomic E-state index is 11.2. The van der Waals surface area contributed by atoms with Gasteiger partial charge in [-0.1, -0.05) is 26.0 Å². The highest BCUT2D eigenvalue weighted by Crippen LogP contribution is 2.65. The SMILES string of the molecule is C=C1C(C)(C)[C@@H]2CC[C@]1(C(=O)O)C2. The van der Waals surface area contributed by atoms with E-state index in [9.17, 15) is 9.90 Å². The highest BCUT2D eigenvalue weighted by Gasteiger charge is 2.61. The maximum Gasteiger partial charge on any atom is 0.313 e. The second-order valence-corrected chi connectivity index (χ2v) is 5.03. The van der Waals surface area contributed by atoms with Gasteiger partial charge in [0, 0.05) is 0 Å². The fraction of sp³-hybridized carbons (Fsp3) is 0.727. The minimum atomic E-state index is -0.662. The van der Waals surface area contributed by atoms with Crippen molar-refractivity contribution in [2.75, 3.05) is 0 Å². The second kappa shape index (κ2) is 2.17. The van der Waals surface area contributed by atoms with E-state index < -0.39 is 11.4 Å². The van der Waals surface area contributed by atoms with Gasteiger partial charge in [0.25, 0.3) is 0 Å². The molecule has 2 rings (SSSR count). The minimum absolute atomic E-state index is 0.0383. The number of fused-ring (bicyclic) bond motifs is 2. The molecule has 2 fully saturated rings. The third-order valence-electron chi connectivity index (χ3n) is 4.30. The van der Waals surface area contributed by atoms with E-state index in [0.717, 1.165) is 24.8 Å². The molecule has 2 aliphatic carbocycles. The number of hydrogen-bond acceptors (Lipinski definition) is 1.